The topological polar surface area (TPSA) is 108 Å². The highest BCUT2D eigenvalue weighted by molar-refractivity contribution is 7.99. The van der Waals surface area contributed by atoms with Crippen molar-refractivity contribution in [1.29, 1.82) is 0 Å². The molecule has 0 aliphatic heterocycles. The Kier molecular flexibility index (Phi) is 9.83. The van der Waals surface area contributed by atoms with E-state index in [-0.39, 0.29) is 19.1 Å². The van der Waals surface area contributed by atoms with E-state index in [1.807, 2.05) is 6.26 Å². The minimum absolute atomic E-state index is 0.112. The molecule has 0 bridgehead atoms. The van der Waals surface area contributed by atoms with E-state index in [1.54, 1.807) is 0 Å². The zero-order valence-electron chi connectivity index (χ0n) is 9.60. The van der Waals surface area contributed by atoms with E-state index in [2.05, 4.69) is 10.6 Å². The number of rotatable bonds is 9. The minimum atomic E-state index is -0.980. The van der Waals surface area contributed by atoms with Crippen molar-refractivity contribution in [2.75, 3.05) is 38.4 Å². The van der Waals surface area contributed by atoms with Crippen molar-refractivity contribution in [3.63, 3.8) is 0 Å². The van der Waals surface area contributed by atoms with E-state index in [0.29, 0.717) is 5.75 Å². The van der Waals surface area contributed by atoms with Gasteiger partial charge < -0.3 is 20.5 Å². The third kappa shape index (κ3) is 8.93. The first kappa shape index (κ1) is 16.2. The Morgan fingerprint density at radius 1 is 1.41 bits per heavy atom. The standard InChI is InChI=1S/C9H17N2O5S/c1-17-6-8(15)10-2-3-16-9(5-13)11-7(14)4-12/h9,12H,2-6H2,1H3,(H,10,15)(H,11,14). The molecule has 0 aromatic carbocycles. The summed E-state index contributed by atoms with van der Waals surface area (Å²) in [6.07, 6.45) is 0.834. The Morgan fingerprint density at radius 3 is 2.65 bits per heavy atom. The molecule has 0 aromatic rings. The van der Waals surface area contributed by atoms with Crippen LogP contribution in [0.2, 0.25) is 0 Å². The zero-order valence-corrected chi connectivity index (χ0v) is 10.4. The maximum Gasteiger partial charge on any atom is 0.247 e. The largest absolute Gasteiger partial charge is 0.387 e. The molecular weight excluding hydrogens is 248 g/mol. The first-order chi connectivity index (χ1) is 8.13. The van der Waals surface area contributed by atoms with E-state index in [9.17, 15) is 14.7 Å². The van der Waals surface area contributed by atoms with Gasteiger partial charge in [0.05, 0.1) is 12.4 Å². The Hall–Kier alpha value is -0.830. The third-order valence-electron chi connectivity index (χ3n) is 1.64. The van der Waals surface area contributed by atoms with Gasteiger partial charge in [-0.25, -0.2) is 5.11 Å². The number of carbonyl (C=O) groups is 2. The van der Waals surface area contributed by atoms with Crippen LogP contribution in [0.3, 0.4) is 0 Å². The monoisotopic (exact) mass is 265 g/mol. The van der Waals surface area contributed by atoms with Crippen LogP contribution >= 0.6 is 11.8 Å². The molecule has 0 aromatic heterocycles. The van der Waals surface area contributed by atoms with E-state index < -0.39 is 25.3 Å². The molecule has 0 rings (SSSR count). The molecule has 99 valence electrons. The molecule has 0 heterocycles. The number of nitrogens with one attached hydrogen (secondary N) is 2. The molecule has 0 spiro atoms. The summed E-state index contributed by atoms with van der Waals surface area (Å²) in [7, 11) is 0. The van der Waals surface area contributed by atoms with Crippen LogP contribution in [0.4, 0.5) is 0 Å². The van der Waals surface area contributed by atoms with Gasteiger partial charge in [-0.05, 0) is 6.26 Å². The number of carbonyl (C=O) groups excluding carboxylic acids is 2. The van der Waals surface area contributed by atoms with Gasteiger partial charge in [-0.2, -0.15) is 11.8 Å². The zero-order chi connectivity index (χ0) is 13.1. The number of amides is 2. The van der Waals surface area contributed by atoms with Crippen molar-refractivity contribution >= 4 is 23.6 Å². The number of thioether (sulfide) groups is 1. The van der Waals surface area contributed by atoms with Crippen molar-refractivity contribution in [3.8, 4) is 0 Å². The summed E-state index contributed by atoms with van der Waals surface area (Å²) in [4.78, 5) is 21.8. The molecule has 0 saturated heterocycles. The molecule has 1 unspecified atom stereocenters. The molecule has 0 fully saturated rings. The van der Waals surface area contributed by atoms with Crippen molar-refractivity contribution in [1.82, 2.24) is 10.6 Å². The summed E-state index contributed by atoms with van der Waals surface area (Å²) in [5.74, 6) is -0.414. The van der Waals surface area contributed by atoms with E-state index in [1.165, 1.54) is 11.8 Å². The predicted molar refractivity (Wildman–Crippen MR) is 61.9 cm³/mol. The van der Waals surface area contributed by atoms with Crippen molar-refractivity contribution in [2.45, 2.75) is 6.23 Å². The molecule has 7 nitrogen and oxygen atoms in total. The first-order valence-corrected chi connectivity index (χ1v) is 6.39. The molecule has 1 atom stereocenters. The molecule has 3 N–H and O–H groups in total. The normalized spacial score (nSPS) is 11.9. The van der Waals surface area contributed by atoms with Crippen LogP contribution < -0.4 is 10.6 Å². The molecular formula is C9H17N2O5S. The molecule has 0 saturated carbocycles. The highest BCUT2D eigenvalue weighted by Gasteiger charge is 2.11. The summed E-state index contributed by atoms with van der Waals surface area (Å²) in [5, 5.41) is 23.8. The van der Waals surface area contributed by atoms with Crippen LogP contribution in [0.5, 0.6) is 0 Å². The second-order valence-corrected chi connectivity index (χ2v) is 3.90. The van der Waals surface area contributed by atoms with Crippen molar-refractivity contribution in [2.24, 2.45) is 0 Å². The van der Waals surface area contributed by atoms with Crippen LogP contribution in [0.1, 0.15) is 0 Å². The van der Waals surface area contributed by atoms with Crippen molar-refractivity contribution < 1.29 is 24.5 Å². The van der Waals surface area contributed by atoms with Crippen LogP contribution in [0, 0.1) is 0 Å². The Morgan fingerprint density at radius 2 is 2.12 bits per heavy atom. The van der Waals surface area contributed by atoms with Crippen LogP contribution in [-0.4, -0.2) is 61.5 Å². The highest BCUT2D eigenvalue weighted by atomic mass is 32.2. The van der Waals surface area contributed by atoms with Gasteiger partial charge in [0, 0.05) is 6.54 Å². The van der Waals surface area contributed by atoms with Gasteiger partial charge in [0.1, 0.15) is 13.2 Å². The lowest BCUT2D eigenvalue weighted by Crippen LogP contribution is -2.42. The maximum absolute atomic E-state index is 11.0. The van der Waals surface area contributed by atoms with Gasteiger partial charge in [0.25, 0.3) is 0 Å². The van der Waals surface area contributed by atoms with Gasteiger partial charge in [-0.1, -0.05) is 0 Å². The molecule has 17 heavy (non-hydrogen) atoms. The quantitative estimate of drug-likeness (QED) is 0.342. The number of aliphatic hydroxyl groups excluding tert-OH is 1. The Balaban J connectivity index is 3.62. The third-order valence-corrected chi connectivity index (χ3v) is 2.19. The molecule has 2 amide bonds. The van der Waals surface area contributed by atoms with Crippen LogP contribution in [0.25, 0.3) is 0 Å². The smallest absolute Gasteiger partial charge is 0.247 e. The molecule has 1 radical (unpaired) electrons. The average molecular weight is 265 g/mol. The SMILES string of the molecule is CSCC(=O)NCCOC(C[O])NC(=O)CO. The van der Waals surface area contributed by atoms with Gasteiger partial charge in [0.15, 0.2) is 6.23 Å². The second kappa shape index (κ2) is 10.3. The van der Waals surface area contributed by atoms with Gasteiger partial charge >= 0.3 is 0 Å². The molecule has 0 aliphatic rings. The molecule has 0 aliphatic carbocycles. The highest BCUT2D eigenvalue weighted by Crippen LogP contribution is 1.90. The van der Waals surface area contributed by atoms with Gasteiger partial charge in [-0.3, -0.25) is 9.59 Å². The second-order valence-electron chi connectivity index (χ2n) is 3.03. The van der Waals surface area contributed by atoms with E-state index in [0.717, 1.165) is 0 Å². The summed E-state index contributed by atoms with van der Waals surface area (Å²) in [6, 6.07) is 0. The number of hydrogen-bond donors (Lipinski definition) is 3. The lowest BCUT2D eigenvalue weighted by atomic mass is 10.5. The fourth-order valence-corrected chi connectivity index (χ4v) is 1.29. The van der Waals surface area contributed by atoms with Gasteiger partial charge in [0.2, 0.25) is 11.8 Å². The Labute approximate surface area is 104 Å². The Bertz CT molecular complexity index is 239. The predicted octanol–water partition coefficient (Wildman–Crippen LogP) is -1.65. The van der Waals surface area contributed by atoms with Crippen LogP contribution in [-0.2, 0) is 19.4 Å². The number of hydrogen-bond acceptors (Lipinski definition) is 5. The summed E-state index contributed by atoms with van der Waals surface area (Å²) >= 11 is 1.40. The lowest BCUT2D eigenvalue weighted by molar-refractivity contribution is -0.131. The van der Waals surface area contributed by atoms with Crippen LogP contribution in [0.15, 0.2) is 0 Å². The molecule has 8 heteroatoms. The first-order valence-electron chi connectivity index (χ1n) is 4.99. The fraction of sp³-hybridized carbons (Fsp3) is 0.778. The van der Waals surface area contributed by atoms with Crippen molar-refractivity contribution in [3.05, 3.63) is 0 Å². The fourth-order valence-electron chi connectivity index (χ4n) is 0.930. The van der Waals surface area contributed by atoms with E-state index in [4.69, 9.17) is 9.84 Å². The summed E-state index contributed by atoms with van der Waals surface area (Å²) in [5.41, 5.74) is 0. The number of ether oxygens (including phenoxy) is 1. The summed E-state index contributed by atoms with van der Waals surface area (Å²) in [6.45, 7) is -0.946. The van der Waals surface area contributed by atoms with E-state index >= 15 is 0 Å². The minimum Gasteiger partial charge on any atom is -0.387 e. The summed E-state index contributed by atoms with van der Waals surface area (Å²) < 4.78 is 5.02. The average Bonchev–Trinajstić information content (AvgIpc) is 2.33. The maximum atomic E-state index is 11.0. The van der Waals surface area contributed by atoms with Gasteiger partial charge in [-0.15, -0.1) is 0 Å². The lowest BCUT2D eigenvalue weighted by Gasteiger charge is -2.15. The number of aliphatic hydroxyl groups is 1.